The van der Waals surface area contributed by atoms with E-state index in [1.54, 1.807) is 71.0 Å². The first kappa shape index (κ1) is 36.4. The van der Waals surface area contributed by atoms with Crippen LogP contribution in [0.2, 0.25) is 0 Å². The number of nitriles is 1. The molecule has 0 bridgehead atoms. The third-order valence-electron chi connectivity index (χ3n) is 7.12. The molecule has 6 atom stereocenters. The Morgan fingerprint density at radius 1 is 1.10 bits per heavy atom. The van der Waals surface area contributed by atoms with E-state index in [9.17, 15) is 24.2 Å². The topological polar surface area (TPSA) is 203 Å². The second kappa shape index (κ2) is 14.7. The number of ether oxygens (including phenoxy) is 4. The van der Waals surface area contributed by atoms with Crippen LogP contribution in [0.3, 0.4) is 0 Å². The summed E-state index contributed by atoms with van der Waals surface area (Å²) in [6.07, 6.45) is -2.86. The smallest absolute Gasteiger partial charge is 0.459 e. The van der Waals surface area contributed by atoms with Gasteiger partial charge in [0.1, 0.15) is 36.2 Å². The highest BCUT2D eigenvalue weighted by Gasteiger charge is 2.62. The predicted molar refractivity (Wildman–Crippen MR) is 171 cm³/mol. The van der Waals surface area contributed by atoms with Gasteiger partial charge < -0.3 is 29.2 Å². The molecule has 0 aliphatic carbocycles. The minimum absolute atomic E-state index is 0.0413. The van der Waals surface area contributed by atoms with E-state index < -0.39 is 67.8 Å². The number of aromatic nitrogens is 2. The first-order chi connectivity index (χ1) is 22.6. The number of nitrogen functional groups attached to an aromatic ring is 1. The van der Waals surface area contributed by atoms with Crippen molar-refractivity contribution in [3.63, 3.8) is 0 Å². The molecule has 15 nitrogen and oxygen atoms in total. The van der Waals surface area contributed by atoms with Gasteiger partial charge in [0.05, 0.1) is 16.9 Å². The Morgan fingerprint density at radius 2 is 1.77 bits per heavy atom. The van der Waals surface area contributed by atoms with Crippen LogP contribution in [0.15, 0.2) is 54.7 Å². The van der Waals surface area contributed by atoms with Crippen molar-refractivity contribution < 1.29 is 46.9 Å². The fourth-order valence-electron chi connectivity index (χ4n) is 4.84. The van der Waals surface area contributed by atoms with Gasteiger partial charge in [-0.25, -0.2) is 9.08 Å². The number of nitrogens with two attached hydrogens (primary N) is 1. The lowest BCUT2D eigenvalue weighted by atomic mass is 9.95. The largest absolute Gasteiger partial charge is 0.459 e. The average Bonchev–Trinajstić information content (AvgIpc) is 3.60. The molecule has 1 aliphatic rings. The maximum Gasteiger partial charge on any atom is 0.459 e. The molecule has 48 heavy (non-hydrogen) atoms. The maximum atomic E-state index is 14.3. The van der Waals surface area contributed by atoms with Gasteiger partial charge in [-0.05, 0) is 58.0 Å². The Hall–Kier alpha value is -4.48. The summed E-state index contributed by atoms with van der Waals surface area (Å²) in [5.74, 6) is -2.03. The van der Waals surface area contributed by atoms with Gasteiger partial charge >= 0.3 is 25.7 Å². The number of rotatable bonds is 13. The van der Waals surface area contributed by atoms with Crippen molar-refractivity contribution >= 4 is 36.9 Å². The molecular formula is C32H40N5O10P. The van der Waals surface area contributed by atoms with Crippen LogP contribution in [0.4, 0.5) is 5.69 Å². The van der Waals surface area contributed by atoms with Crippen molar-refractivity contribution in [1.82, 2.24) is 14.7 Å². The summed E-state index contributed by atoms with van der Waals surface area (Å²) in [5, 5.41) is 17.6. The molecule has 0 unspecified atom stereocenters. The summed E-state index contributed by atoms with van der Waals surface area (Å²) in [7, 11) is -4.54. The number of nitrogens with zero attached hydrogens (tertiary/aromatic N) is 3. The fourth-order valence-corrected chi connectivity index (χ4v) is 6.36. The molecule has 3 heterocycles. The van der Waals surface area contributed by atoms with Crippen LogP contribution < -0.4 is 15.3 Å². The van der Waals surface area contributed by atoms with Gasteiger partial charge in [-0.1, -0.05) is 32.0 Å². The van der Waals surface area contributed by atoms with E-state index in [2.05, 4.69) is 10.2 Å². The molecular weight excluding hydrogens is 645 g/mol. The van der Waals surface area contributed by atoms with E-state index in [4.69, 9.17) is 33.7 Å². The van der Waals surface area contributed by atoms with E-state index in [1.165, 1.54) is 29.8 Å². The molecule has 0 radical (unpaired) electrons. The minimum Gasteiger partial charge on any atom is -0.459 e. The van der Waals surface area contributed by atoms with Crippen molar-refractivity contribution in [2.24, 2.45) is 0 Å². The molecule has 1 aromatic carbocycles. The number of hydrogen-bond acceptors (Lipinski definition) is 13. The third kappa shape index (κ3) is 8.32. The SMILES string of the molecule is CCC(=O)O[C@H]1[C@H](c2ccc3c(N)ccnn23)O[C@](C#N)(CO[P@@](=O)(N[C@@H](C)C(=O)OC(C)(C)C)Oc2ccccc2)[C@H]1OC(=O)CC. The summed E-state index contributed by atoms with van der Waals surface area (Å²) in [6, 6.07) is 13.7. The van der Waals surface area contributed by atoms with Crippen molar-refractivity contribution in [2.75, 3.05) is 12.3 Å². The Kier molecular flexibility index (Phi) is 11.2. The highest BCUT2D eigenvalue weighted by molar-refractivity contribution is 7.52. The van der Waals surface area contributed by atoms with Crippen LogP contribution >= 0.6 is 7.75 Å². The standard InChI is InChI=1S/C32H40N5O10P/c1-7-25(38)43-28-27(24-15-14-23-22(34)16-17-35-37(23)24)45-32(18-33,29(28)44-26(39)8-2)19-42-48(41,47-21-12-10-9-11-13-21)36-20(3)30(40)46-31(4,5)6/h9-17,20,27-29H,7-8,19,34H2,1-6H3,(H,36,41)/t20-,27-,28-,29-,32+,48-/m0/s1. The van der Waals surface area contributed by atoms with Gasteiger partial charge in [-0.2, -0.15) is 15.4 Å². The Bertz CT molecular complexity index is 1720. The molecule has 16 heteroatoms. The van der Waals surface area contributed by atoms with E-state index in [1.807, 2.05) is 6.07 Å². The van der Waals surface area contributed by atoms with Crippen LogP contribution in [0, 0.1) is 11.3 Å². The summed E-state index contributed by atoms with van der Waals surface area (Å²) in [6.45, 7) is 8.72. The van der Waals surface area contributed by atoms with Gasteiger partial charge in [-0.15, -0.1) is 0 Å². The van der Waals surface area contributed by atoms with Gasteiger partial charge in [-0.3, -0.25) is 18.9 Å². The van der Waals surface area contributed by atoms with E-state index >= 15 is 0 Å². The lowest BCUT2D eigenvalue weighted by Crippen LogP contribution is -2.49. The number of nitrogens with one attached hydrogen (secondary N) is 1. The van der Waals surface area contributed by atoms with Gasteiger partial charge in [0, 0.05) is 19.0 Å². The molecule has 2 aromatic heterocycles. The van der Waals surface area contributed by atoms with Crippen LogP contribution in [0.5, 0.6) is 5.75 Å². The van der Waals surface area contributed by atoms with E-state index in [0.717, 1.165) is 0 Å². The molecule has 1 aliphatic heterocycles. The normalized spacial score (nSPS) is 22.6. The van der Waals surface area contributed by atoms with Gasteiger partial charge in [0.15, 0.2) is 12.2 Å². The monoisotopic (exact) mass is 685 g/mol. The zero-order valence-corrected chi connectivity index (χ0v) is 28.5. The van der Waals surface area contributed by atoms with Crippen molar-refractivity contribution in [1.29, 1.82) is 5.26 Å². The van der Waals surface area contributed by atoms with Crippen LogP contribution in [-0.4, -0.2) is 63.6 Å². The number of fused-ring (bicyclic) bond motifs is 1. The number of carbonyl (C=O) groups is 3. The number of hydrogen-bond donors (Lipinski definition) is 2. The molecule has 3 N–H and O–H groups in total. The Labute approximate surface area is 278 Å². The third-order valence-corrected chi connectivity index (χ3v) is 8.75. The highest BCUT2D eigenvalue weighted by atomic mass is 31.2. The maximum absolute atomic E-state index is 14.3. The van der Waals surface area contributed by atoms with E-state index in [0.29, 0.717) is 16.9 Å². The van der Waals surface area contributed by atoms with Crippen LogP contribution in [0.25, 0.3) is 5.52 Å². The molecule has 0 amide bonds. The Balaban J connectivity index is 1.76. The van der Waals surface area contributed by atoms with Crippen LogP contribution in [0.1, 0.15) is 66.2 Å². The lowest BCUT2D eigenvalue weighted by Gasteiger charge is -2.31. The summed E-state index contributed by atoms with van der Waals surface area (Å²) in [4.78, 5) is 38.3. The number of esters is 3. The number of anilines is 1. The predicted octanol–water partition coefficient (Wildman–Crippen LogP) is 4.42. The minimum atomic E-state index is -4.54. The second-order valence-electron chi connectivity index (χ2n) is 12.0. The molecule has 0 saturated carbocycles. The van der Waals surface area contributed by atoms with Gasteiger partial charge in [0.2, 0.25) is 5.60 Å². The average molecular weight is 686 g/mol. The summed E-state index contributed by atoms with van der Waals surface area (Å²) in [5.41, 5.74) is 4.29. The zero-order chi connectivity index (χ0) is 35.3. The molecule has 4 rings (SSSR count). The van der Waals surface area contributed by atoms with Gasteiger partial charge in [0.25, 0.3) is 0 Å². The van der Waals surface area contributed by atoms with Crippen molar-refractivity contribution in [2.45, 2.75) is 89.9 Å². The second-order valence-corrected chi connectivity index (χ2v) is 13.7. The van der Waals surface area contributed by atoms with Crippen molar-refractivity contribution in [3.8, 4) is 11.8 Å². The number of carbonyl (C=O) groups excluding carboxylic acids is 3. The first-order valence-electron chi connectivity index (χ1n) is 15.3. The Morgan fingerprint density at radius 3 is 2.40 bits per heavy atom. The highest BCUT2D eigenvalue weighted by Crippen LogP contribution is 2.50. The van der Waals surface area contributed by atoms with E-state index in [-0.39, 0.29) is 18.6 Å². The first-order valence-corrected chi connectivity index (χ1v) is 16.9. The summed E-state index contributed by atoms with van der Waals surface area (Å²) >= 11 is 0. The lowest BCUT2D eigenvalue weighted by molar-refractivity contribution is -0.169. The molecule has 0 spiro atoms. The number of para-hydroxylation sites is 1. The molecule has 1 saturated heterocycles. The van der Waals surface area contributed by atoms with Crippen molar-refractivity contribution in [3.05, 3.63) is 60.4 Å². The summed E-state index contributed by atoms with van der Waals surface area (Å²) < 4.78 is 50.6. The molecule has 3 aromatic rings. The quantitative estimate of drug-likeness (QED) is 0.145. The fraction of sp³-hybridized carbons (Fsp3) is 0.469. The zero-order valence-electron chi connectivity index (χ0n) is 27.6. The molecule has 258 valence electrons. The molecule has 1 fully saturated rings. The number of benzene rings is 1. The van der Waals surface area contributed by atoms with Crippen LogP contribution in [-0.2, 0) is 42.4 Å².